The number of phenols is 1. The molecule has 0 bridgehead atoms. The summed E-state index contributed by atoms with van der Waals surface area (Å²) in [6.07, 6.45) is 2.29. The van der Waals surface area contributed by atoms with Crippen molar-refractivity contribution in [2.45, 2.75) is 65.4 Å². The molecule has 2 aromatic rings. The number of benzene rings is 2. The highest BCUT2D eigenvalue weighted by molar-refractivity contribution is 6.25. The summed E-state index contributed by atoms with van der Waals surface area (Å²) in [4.78, 5) is 39.8. The fourth-order valence-electron chi connectivity index (χ4n) is 7.25. The van der Waals surface area contributed by atoms with Crippen molar-refractivity contribution in [1.29, 1.82) is 0 Å². The summed E-state index contributed by atoms with van der Waals surface area (Å²) in [6.45, 7) is 6.58. The van der Waals surface area contributed by atoms with E-state index in [0.717, 1.165) is 23.1 Å². The van der Waals surface area contributed by atoms with Crippen LogP contribution in [0.4, 0.5) is 0 Å². The fourth-order valence-corrected chi connectivity index (χ4v) is 7.25. The number of phenolic OH excluding ortho intramolecular Hbond substituents is 1. The molecule has 3 aliphatic rings. The second-order valence-corrected chi connectivity index (χ2v) is 11.5. The lowest BCUT2D eigenvalue weighted by molar-refractivity contribution is -0.157. The van der Waals surface area contributed by atoms with Gasteiger partial charge >= 0.3 is 0 Å². The highest BCUT2D eigenvalue weighted by Crippen LogP contribution is 2.62. The molecule has 0 amide bonds. The van der Waals surface area contributed by atoms with E-state index in [2.05, 4.69) is 0 Å². The Kier molecular flexibility index (Phi) is 5.61. The molecule has 6 nitrogen and oxygen atoms in total. The Hall–Kier alpha value is -3.51. The number of aliphatic hydroxyl groups is 2. The maximum atomic E-state index is 13.9. The third-order valence-electron chi connectivity index (χ3n) is 8.76. The average Bonchev–Trinajstić information content (AvgIpc) is 2.81. The lowest BCUT2D eigenvalue weighted by atomic mass is 9.48. The number of ketones is 3. The number of Topliss-reactive ketones (excluding diaryl/α,β-unsaturated/α-hetero) is 3. The Morgan fingerprint density at radius 3 is 2.30 bits per heavy atom. The predicted octanol–water partition coefficient (Wildman–Crippen LogP) is 4.75. The van der Waals surface area contributed by atoms with Crippen LogP contribution >= 0.6 is 0 Å². The first-order chi connectivity index (χ1) is 17.3. The van der Waals surface area contributed by atoms with Crippen LogP contribution in [0.15, 0.2) is 64.9 Å². The number of aromatic hydroxyl groups is 1. The number of fused-ring (bicyclic) bond motifs is 3. The zero-order valence-corrected chi connectivity index (χ0v) is 21.6. The summed E-state index contributed by atoms with van der Waals surface area (Å²) >= 11 is 0. The number of aliphatic hydroxyl groups excluding tert-OH is 1. The van der Waals surface area contributed by atoms with Crippen LogP contribution in [-0.4, -0.2) is 38.3 Å². The summed E-state index contributed by atoms with van der Waals surface area (Å²) in [5.74, 6) is -2.81. The summed E-state index contributed by atoms with van der Waals surface area (Å²) in [6, 6.07) is 13.4. The van der Waals surface area contributed by atoms with Crippen LogP contribution < -0.4 is 0 Å². The maximum Gasteiger partial charge on any atom is 0.206 e. The van der Waals surface area contributed by atoms with Gasteiger partial charge in [-0.15, -0.1) is 0 Å². The van der Waals surface area contributed by atoms with E-state index in [1.54, 1.807) is 13.8 Å². The van der Waals surface area contributed by atoms with Crippen LogP contribution in [0.5, 0.6) is 5.75 Å². The summed E-state index contributed by atoms with van der Waals surface area (Å²) in [5.41, 5.74) is -1.01. The van der Waals surface area contributed by atoms with Crippen molar-refractivity contribution in [2.24, 2.45) is 10.8 Å². The third-order valence-corrected chi connectivity index (χ3v) is 8.76. The lowest BCUT2D eigenvalue weighted by Crippen LogP contribution is -2.63. The minimum Gasteiger partial charge on any atom is -0.508 e. The van der Waals surface area contributed by atoms with Crippen molar-refractivity contribution in [3.63, 3.8) is 0 Å². The van der Waals surface area contributed by atoms with Crippen molar-refractivity contribution in [2.75, 3.05) is 0 Å². The van der Waals surface area contributed by atoms with Gasteiger partial charge in [0.15, 0.2) is 17.2 Å². The summed E-state index contributed by atoms with van der Waals surface area (Å²) in [5, 5.41) is 34.1. The molecular formula is C31H32O6. The fraction of sp³-hybridized carbons (Fsp3) is 0.387. The molecule has 0 fully saturated rings. The second kappa shape index (κ2) is 8.25. The third kappa shape index (κ3) is 3.46. The molecule has 0 unspecified atom stereocenters. The van der Waals surface area contributed by atoms with Gasteiger partial charge in [-0.2, -0.15) is 0 Å². The van der Waals surface area contributed by atoms with Crippen molar-refractivity contribution in [3.8, 4) is 5.75 Å². The average molecular weight is 501 g/mol. The number of allylic oxidation sites excluding steroid dienone is 2. The van der Waals surface area contributed by atoms with Gasteiger partial charge in [0.25, 0.3) is 0 Å². The quantitative estimate of drug-likeness (QED) is 0.522. The molecule has 0 heterocycles. The van der Waals surface area contributed by atoms with E-state index in [1.165, 1.54) is 13.0 Å². The molecule has 3 atom stereocenters. The molecule has 0 saturated heterocycles. The van der Waals surface area contributed by atoms with Gasteiger partial charge in [0.05, 0.1) is 11.1 Å². The highest BCUT2D eigenvalue weighted by atomic mass is 16.3. The molecule has 0 aliphatic heterocycles. The van der Waals surface area contributed by atoms with Crippen molar-refractivity contribution >= 4 is 17.3 Å². The van der Waals surface area contributed by atoms with Crippen molar-refractivity contribution < 1.29 is 29.7 Å². The number of carbonyl (C=O) groups is 3. The zero-order chi connectivity index (χ0) is 26.9. The summed E-state index contributed by atoms with van der Waals surface area (Å²) < 4.78 is 0. The molecule has 192 valence electrons. The van der Waals surface area contributed by atoms with Crippen LogP contribution in [0, 0.1) is 10.8 Å². The number of rotatable bonds is 4. The van der Waals surface area contributed by atoms with Crippen LogP contribution in [0.1, 0.15) is 67.6 Å². The Morgan fingerprint density at radius 1 is 0.973 bits per heavy atom. The molecule has 37 heavy (non-hydrogen) atoms. The topological polar surface area (TPSA) is 112 Å². The van der Waals surface area contributed by atoms with Gasteiger partial charge in [0.2, 0.25) is 5.78 Å². The van der Waals surface area contributed by atoms with Crippen LogP contribution in [0.3, 0.4) is 0 Å². The first-order valence-corrected chi connectivity index (χ1v) is 12.7. The first-order valence-electron chi connectivity index (χ1n) is 12.7. The molecule has 3 aliphatic carbocycles. The van der Waals surface area contributed by atoms with Gasteiger partial charge in [-0.25, -0.2) is 0 Å². The van der Waals surface area contributed by atoms with E-state index in [0.29, 0.717) is 18.4 Å². The molecule has 3 N–H and O–H groups in total. The highest BCUT2D eigenvalue weighted by Gasteiger charge is 2.67. The predicted molar refractivity (Wildman–Crippen MR) is 138 cm³/mol. The van der Waals surface area contributed by atoms with Crippen LogP contribution in [0.25, 0.3) is 0 Å². The SMILES string of the molecule is CC(=O)C1=C(C)C[C@@]2(C)C[C@@]3(C)Cc4c(CCc5ccccc5)ccc(O)c4C(=O)C3=C(O)[C@@]2(O)C1=O. The minimum atomic E-state index is -2.39. The van der Waals surface area contributed by atoms with E-state index < -0.39 is 39.5 Å². The number of carbonyl (C=O) groups excluding carboxylic acids is 3. The lowest BCUT2D eigenvalue weighted by Gasteiger charge is -2.56. The van der Waals surface area contributed by atoms with E-state index in [4.69, 9.17) is 0 Å². The molecular weight excluding hydrogens is 468 g/mol. The van der Waals surface area contributed by atoms with Crippen LogP contribution in [-0.2, 0) is 28.9 Å². The van der Waals surface area contributed by atoms with E-state index >= 15 is 0 Å². The molecule has 0 saturated carbocycles. The number of hydrogen-bond acceptors (Lipinski definition) is 6. The Bertz CT molecular complexity index is 1430. The number of aryl methyl sites for hydroxylation is 2. The largest absolute Gasteiger partial charge is 0.508 e. The monoisotopic (exact) mass is 500 g/mol. The molecule has 0 spiro atoms. The van der Waals surface area contributed by atoms with Gasteiger partial charge in [-0.05, 0) is 68.7 Å². The summed E-state index contributed by atoms with van der Waals surface area (Å²) in [7, 11) is 0. The van der Waals surface area contributed by atoms with Gasteiger partial charge in [0, 0.05) is 16.4 Å². The minimum absolute atomic E-state index is 0.0497. The molecule has 0 aromatic heterocycles. The van der Waals surface area contributed by atoms with Gasteiger partial charge in [-0.1, -0.05) is 55.8 Å². The Balaban J connectivity index is 1.65. The Labute approximate surface area is 216 Å². The van der Waals surface area contributed by atoms with E-state index in [1.807, 2.05) is 43.3 Å². The number of hydrogen-bond donors (Lipinski definition) is 3. The molecule has 0 radical (unpaired) electrons. The van der Waals surface area contributed by atoms with E-state index in [9.17, 15) is 29.7 Å². The zero-order valence-electron chi connectivity index (χ0n) is 21.6. The second-order valence-electron chi connectivity index (χ2n) is 11.5. The van der Waals surface area contributed by atoms with Gasteiger partial charge in [0.1, 0.15) is 11.5 Å². The standard InChI is InChI=1S/C31H32O6/c1-17-14-30(4)16-29(3)15-21-20(11-10-19-8-6-5-7-9-19)12-13-22(33)24(21)26(34)25(29)28(36)31(30,37)27(35)23(17)18(2)32/h5-9,12-13,33,36-37H,10-11,14-16H2,1-4H3/t29-,30+,31+/m1/s1. The van der Waals surface area contributed by atoms with Crippen molar-refractivity contribution in [1.82, 2.24) is 0 Å². The van der Waals surface area contributed by atoms with Gasteiger partial charge in [-0.3, -0.25) is 14.4 Å². The van der Waals surface area contributed by atoms with E-state index in [-0.39, 0.29) is 35.3 Å². The van der Waals surface area contributed by atoms with Gasteiger partial charge < -0.3 is 15.3 Å². The van der Waals surface area contributed by atoms with Crippen LogP contribution in [0.2, 0.25) is 0 Å². The molecule has 2 aromatic carbocycles. The maximum absolute atomic E-state index is 13.9. The molecule has 5 rings (SSSR count). The molecule has 6 heteroatoms. The first kappa shape index (κ1) is 25.2. The Morgan fingerprint density at radius 2 is 1.65 bits per heavy atom. The van der Waals surface area contributed by atoms with Crippen molar-refractivity contribution in [3.05, 3.63) is 87.2 Å². The smallest absolute Gasteiger partial charge is 0.206 e. The normalized spacial score (nSPS) is 29.1.